The maximum Gasteiger partial charge on any atom is 0.251 e. The lowest BCUT2D eigenvalue weighted by atomic mass is 9.48. The van der Waals surface area contributed by atoms with Gasteiger partial charge in [0.05, 0.1) is 18.1 Å². The topological polar surface area (TPSA) is 75.7 Å². The first-order valence-electron chi connectivity index (χ1n) is 11.8. The monoisotopic (exact) mass is 446 g/mol. The van der Waals surface area contributed by atoms with Gasteiger partial charge in [-0.1, -0.05) is 6.07 Å². The Balaban J connectivity index is 1.35. The zero-order valence-electron chi connectivity index (χ0n) is 18.6. The molecule has 5 fully saturated rings. The van der Waals surface area contributed by atoms with Crippen molar-refractivity contribution >= 4 is 15.9 Å². The third-order valence-electron chi connectivity index (χ3n) is 8.39. The summed E-state index contributed by atoms with van der Waals surface area (Å²) in [5.74, 6) is 2.32. The van der Waals surface area contributed by atoms with Crippen LogP contribution < -0.4 is 5.32 Å². The van der Waals surface area contributed by atoms with Gasteiger partial charge in [-0.2, -0.15) is 4.31 Å². The molecular weight excluding hydrogens is 412 g/mol. The summed E-state index contributed by atoms with van der Waals surface area (Å²) in [7, 11) is -3.64. The number of nitrogens with one attached hydrogen (secondary N) is 1. The van der Waals surface area contributed by atoms with E-state index in [0.29, 0.717) is 37.4 Å². The zero-order valence-corrected chi connectivity index (χ0v) is 19.4. The van der Waals surface area contributed by atoms with Gasteiger partial charge in [-0.05, 0) is 93.2 Å². The van der Waals surface area contributed by atoms with Crippen molar-refractivity contribution in [3.63, 3.8) is 0 Å². The van der Waals surface area contributed by atoms with Gasteiger partial charge in [0.1, 0.15) is 0 Å². The predicted octanol–water partition coefficient (Wildman–Crippen LogP) is 3.35. The average Bonchev–Trinajstić information content (AvgIpc) is 2.73. The van der Waals surface area contributed by atoms with Crippen LogP contribution in [0.15, 0.2) is 23.1 Å². The summed E-state index contributed by atoms with van der Waals surface area (Å²) >= 11 is 0. The fourth-order valence-corrected chi connectivity index (χ4v) is 8.75. The number of sulfonamides is 1. The molecule has 6 nitrogen and oxygen atoms in total. The summed E-state index contributed by atoms with van der Waals surface area (Å²) < 4.78 is 33.1. The molecular formula is C24H34N2O4S. The van der Waals surface area contributed by atoms with E-state index < -0.39 is 10.0 Å². The Bertz CT molecular complexity index is 933. The number of amides is 1. The Kier molecular flexibility index (Phi) is 5.42. The van der Waals surface area contributed by atoms with Gasteiger partial charge in [0.15, 0.2) is 0 Å². The normalized spacial score (nSPS) is 33.9. The first kappa shape index (κ1) is 21.4. The van der Waals surface area contributed by atoms with Crippen molar-refractivity contribution in [1.29, 1.82) is 0 Å². The van der Waals surface area contributed by atoms with E-state index in [1.54, 1.807) is 25.1 Å². The molecule has 0 spiro atoms. The van der Waals surface area contributed by atoms with E-state index >= 15 is 0 Å². The maximum absolute atomic E-state index is 13.2. The van der Waals surface area contributed by atoms with E-state index in [0.717, 1.165) is 17.8 Å². The lowest BCUT2D eigenvalue weighted by Gasteiger charge is -2.59. The number of hydrogen-bond acceptors (Lipinski definition) is 4. The van der Waals surface area contributed by atoms with Gasteiger partial charge in [0.25, 0.3) is 5.91 Å². The highest BCUT2D eigenvalue weighted by Crippen LogP contribution is 2.61. The number of carbonyl (C=O) groups excluding carboxylic acids is 1. The van der Waals surface area contributed by atoms with Crippen molar-refractivity contribution in [2.75, 3.05) is 26.3 Å². The van der Waals surface area contributed by atoms with Crippen LogP contribution in [0.2, 0.25) is 0 Å². The van der Waals surface area contributed by atoms with Gasteiger partial charge in [-0.25, -0.2) is 8.42 Å². The molecule has 1 aliphatic heterocycles. The largest absolute Gasteiger partial charge is 0.379 e. The predicted molar refractivity (Wildman–Crippen MR) is 118 cm³/mol. The van der Waals surface area contributed by atoms with Gasteiger partial charge in [-0.3, -0.25) is 4.79 Å². The number of rotatable bonds is 5. The fourth-order valence-electron chi connectivity index (χ4n) is 7.09. The quantitative estimate of drug-likeness (QED) is 0.753. The number of nitrogens with zero attached hydrogens (tertiary/aromatic N) is 1. The van der Waals surface area contributed by atoms with E-state index in [1.807, 2.05) is 0 Å². The minimum atomic E-state index is -3.64. The second-order valence-electron chi connectivity index (χ2n) is 10.5. The number of carbonyl (C=O) groups is 1. The van der Waals surface area contributed by atoms with Crippen molar-refractivity contribution in [2.45, 2.75) is 63.3 Å². The van der Waals surface area contributed by atoms with Crippen LogP contribution in [-0.4, -0.2) is 51.0 Å². The Morgan fingerprint density at radius 3 is 2.26 bits per heavy atom. The van der Waals surface area contributed by atoms with Crippen LogP contribution in [0, 0.1) is 30.1 Å². The highest BCUT2D eigenvalue weighted by atomic mass is 32.2. The van der Waals surface area contributed by atoms with Crippen LogP contribution >= 0.6 is 0 Å². The third kappa shape index (κ3) is 3.83. The number of benzene rings is 1. The molecule has 5 aliphatic rings. The van der Waals surface area contributed by atoms with E-state index in [-0.39, 0.29) is 22.3 Å². The summed E-state index contributed by atoms with van der Waals surface area (Å²) in [4.78, 5) is 13.4. The molecule has 1 heterocycles. The molecule has 31 heavy (non-hydrogen) atoms. The van der Waals surface area contributed by atoms with E-state index in [9.17, 15) is 13.2 Å². The van der Waals surface area contributed by atoms with E-state index in [4.69, 9.17) is 4.74 Å². The van der Waals surface area contributed by atoms with Gasteiger partial charge in [0.2, 0.25) is 10.0 Å². The highest BCUT2D eigenvalue weighted by molar-refractivity contribution is 7.89. The van der Waals surface area contributed by atoms with E-state index in [2.05, 4.69) is 12.2 Å². The highest BCUT2D eigenvalue weighted by Gasteiger charge is 2.53. The summed E-state index contributed by atoms with van der Waals surface area (Å²) in [5, 5.41) is 3.26. The van der Waals surface area contributed by atoms with Crippen molar-refractivity contribution < 1.29 is 17.9 Å². The average molecular weight is 447 g/mol. The second-order valence-corrected chi connectivity index (χ2v) is 12.4. The summed E-state index contributed by atoms with van der Waals surface area (Å²) in [6.07, 6.45) is 7.81. The Morgan fingerprint density at radius 1 is 1.10 bits per heavy atom. The molecule has 170 valence electrons. The molecule has 1 amide bonds. The number of aryl methyl sites for hydroxylation is 1. The summed E-state index contributed by atoms with van der Waals surface area (Å²) in [6.45, 7) is 5.45. The molecule has 1 atom stereocenters. The number of ether oxygens (including phenoxy) is 1. The Hall–Kier alpha value is -1.44. The number of hydrogen-bond donors (Lipinski definition) is 1. The van der Waals surface area contributed by atoms with Gasteiger partial charge in [-0.15, -0.1) is 0 Å². The Morgan fingerprint density at radius 2 is 1.68 bits per heavy atom. The van der Waals surface area contributed by atoms with Gasteiger partial charge >= 0.3 is 0 Å². The third-order valence-corrected chi connectivity index (χ3v) is 10.4. The lowest BCUT2D eigenvalue weighted by Crippen LogP contribution is -2.55. The smallest absolute Gasteiger partial charge is 0.251 e. The molecule has 6 rings (SSSR count). The first-order valence-corrected chi connectivity index (χ1v) is 13.2. The maximum atomic E-state index is 13.2. The van der Waals surface area contributed by atoms with Crippen LogP contribution in [0.5, 0.6) is 0 Å². The first-order chi connectivity index (χ1) is 14.8. The minimum Gasteiger partial charge on any atom is -0.379 e. The number of morpholine rings is 1. The molecule has 4 aliphatic carbocycles. The van der Waals surface area contributed by atoms with Crippen molar-refractivity contribution in [3.05, 3.63) is 29.3 Å². The molecule has 1 aromatic carbocycles. The van der Waals surface area contributed by atoms with Crippen LogP contribution in [0.4, 0.5) is 0 Å². The molecule has 0 radical (unpaired) electrons. The SMILES string of the molecule is Cc1ccc(C(=O)NC(C)C23CC4CC(CC(C4)C2)C3)cc1S(=O)(=O)N1CCOCC1. The molecule has 1 N–H and O–H groups in total. The van der Waals surface area contributed by atoms with Crippen LogP contribution in [0.25, 0.3) is 0 Å². The van der Waals surface area contributed by atoms with Gasteiger partial charge < -0.3 is 10.1 Å². The molecule has 4 saturated carbocycles. The molecule has 1 aromatic rings. The Labute approximate surface area is 185 Å². The summed E-state index contributed by atoms with van der Waals surface area (Å²) in [6, 6.07) is 5.16. The van der Waals surface area contributed by atoms with E-state index in [1.165, 1.54) is 42.8 Å². The molecule has 4 bridgehead atoms. The standard InChI is InChI=1S/C24H34N2O4S/c1-16-3-4-21(12-22(16)31(28,29)26-5-7-30-8-6-26)23(27)25-17(2)24-13-18-9-19(14-24)11-20(10-18)15-24/h3-4,12,17-20H,5-11,13-15H2,1-2H3,(H,25,27). The van der Waals surface area contributed by atoms with Crippen molar-refractivity contribution in [1.82, 2.24) is 9.62 Å². The summed E-state index contributed by atoms with van der Waals surface area (Å²) in [5.41, 5.74) is 1.31. The van der Waals surface area contributed by atoms with Crippen LogP contribution in [0.1, 0.15) is 61.4 Å². The van der Waals surface area contributed by atoms with Crippen LogP contribution in [0.3, 0.4) is 0 Å². The molecule has 7 heteroatoms. The van der Waals surface area contributed by atoms with Crippen molar-refractivity contribution in [2.24, 2.45) is 23.2 Å². The molecule has 0 aromatic heterocycles. The van der Waals surface area contributed by atoms with Crippen molar-refractivity contribution in [3.8, 4) is 0 Å². The van der Waals surface area contributed by atoms with Gasteiger partial charge in [0, 0.05) is 24.7 Å². The minimum absolute atomic E-state index is 0.106. The fraction of sp³-hybridized carbons (Fsp3) is 0.708. The second kappa shape index (κ2) is 7.85. The molecule has 1 unspecified atom stereocenters. The zero-order chi connectivity index (χ0) is 21.8. The molecule has 1 saturated heterocycles. The van der Waals surface area contributed by atoms with Crippen LogP contribution in [-0.2, 0) is 14.8 Å². The lowest BCUT2D eigenvalue weighted by molar-refractivity contribution is -0.0688.